The molecule has 2 aliphatic heterocycles. The molecule has 0 amide bonds. The van der Waals surface area contributed by atoms with E-state index in [0.717, 1.165) is 93.0 Å². The highest BCUT2D eigenvalue weighted by molar-refractivity contribution is 6.36. The Hall–Kier alpha value is -3.76. The van der Waals surface area contributed by atoms with Crippen molar-refractivity contribution in [1.29, 1.82) is 0 Å². The van der Waals surface area contributed by atoms with Crippen molar-refractivity contribution >= 4 is 54.4 Å². The van der Waals surface area contributed by atoms with Gasteiger partial charge in [-0.1, -0.05) is 18.2 Å². The predicted octanol–water partition coefficient (Wildman–Crippen LogP) is 3.54. The lowest BCUT2D eigenvalue weighted by atomic mass is 10.0. The zero-order valence-corrected chi connectivity index (χ0v) is 21.4. The molecule has 3 aromatic heterocycles. The molecule has 8 rings (SSSR count). The van der Waals surface area contributed by atoms with Gasteiger partial charge in [-0.25, -0.2) is 0 Å². The van der Waals surface area contributed by atoms with Crippen molar-refractivity contribution in [2.45, 2.75) is 25.3 Å². The van der Waals surface area contributed by atoms with E-state index < -0.39 is 12.2 Å². The number of fused-ring (bicyclic) bond motifs is 9. The van der Waals surface area contributed by atoms with E-state index in [1.165, 1.54) is 0 Å². The Morgan fingerprint density at radius 1 is 0.846 bits per heavy atom. The van der Waals surface area contributed by atoms with Gasteiger partial charge in [-0.15, -0.1) is 0 Å². The van der Waals surface area contributed by atoms with Crippen LogP contribution in [0.15, 0.2) is 48.7 Å². The summed E-state index contributed by atoms with van der Waals surface area (Å²) in [6, 6.07) is 14.2. The van der Waals surface area contributed by atoms with E-state index in [1.54, 1.807) is 0 Å². The highest BCUT2D eigenvalue weighted by atomic mass is 16.5. The van der Waals surface area contributed by atoms with Crippen molar-refractivity contribution in [3.63, 3.8) is 0 Å². The average molecular weight is 527 g/mol. The van der Waals surface area contributed by atoms with Gasteiger partial charge in [-0.05, 0) is 24.3 Å². The molecule has 0 bridgehead atoms. The first-order chi connectivity index (χ1) is 19.1. The Bertz CT molecular complexity index is 1890. The second kappa shape index (κ2) is 8.62. The first-order valence-electron chi connectivity index (χ1n) is 13.6. The summed E-state index contributed by atoms with van der Waals surface area (Å²) in [5.74, 6) is 0.873. The van der Waals surface area contributed by atoms with Crippen LogP contribution in [0.1, 0.15) is 0 Å². The van der Waals surface area contributed by atoms with Crippen molar-refractivity contribution < 1.29 is 24.8 Å². The third kappa shape index (κ3) is 3.34. The molecule has 200 valence electrons. The molecular weight excluding hydrogens is 496 g/mol. The summed E-state index contributed by atoms with van der Waals surface area (Å²) in [5.41, 5.74) is 3.84. The topological polar surface area (TPSA) is 108 Å². The number of nitrogens with zero attached hydrogens (tertiary/aromatic N) is 3. The van der Waals surface area contributed by atoms with Gasteiger partial charge in [0.1, 0.15) is 12.4 Å². The van der Waals surface area contributed by atoms with Crippen LogP contribution in [0.4, 0.5) is 0 Å². The van der Waals surface area contributed by atoms with E-state index >= 15 is 0 Å². The van der Waals surface area contributed by atoms with E-state index in [2.05, 4.69) is 25.1 Å². The summed E-state index contributed by atoms with van der Waals surface area (Å²) >= 11 is 0. The zero-order valence-electron chi connectivity index (χ0n) is 21.4. The number of aromatic hydroxyl groups is 1. The minimum atomic E-state index is -0.951. The maximum atomic E-state index is 11.1. The molecule has 2 unspecified atom stereocenters. The Morgan fingerprint density at radius 2 is 1.56 bits per heavy atom. The van der Waals surface area contributed by atoms with Gasteiger partial charge in [0.05, 0.1) is 54.9 Å². The third-order valence-corrected chi connectivity index (χ3v) is 8.57. The Kier molecular flexibility index (Phi) is 5.12. The molecule has 2 atom stereocenters. The van der Waals surface area contributed by atoms with E-state index in [9.17, 15) is 15.3 Å². The van der Waals surface area contributed by atoms with Crippen molar-refractivity contribution in [3.05, 3.63) is 48.7 Å². The Labute approximate surface area is 223 Å². The number of benzene rings is 3. The Balaban J connectivity index is 1.41. The van der Waals surface area contributed by atoms with Gasteiger partial charge in [0.25, 0.3) is 0 Å². The van der Waals surface area contributed by atoms with Crippen LogP contribution in [0.2, 0.25) is 0 Å². The van der Waals surface area contributed by atoms with Crippen molar-refractivity contribution in [2.24, 2.45) is 0 Å². The van der Waals surface area contributed by atoms with E-state index in [0.29, 0.717) is 6.61 Å². The molecule has 0 radical (unpaired) electrons. The lowest BCUT2D eigenvalue weighted by Crippen LogP contribution is -2.38. The summed E-state index contributed by atoms with van der Waals surface area (Å²) in [4.78, 5) is 5.39. The first kappa shape index (κ1) is 23.2. The molecule has 2 aliphatic rings. The second-order valence-electron chi connectivity index (χ2n) is 10.7. The monoisotopic (exact) mass is 526 g/mol. The molecule has 1 saturated heterocycles. The van der Waals surface area contributed by atoms with Gasteiger partial charge in [-0.2, -0.15) is 0 Å². The molecule has 9 heteroatoms. The molecule has 1 fully saturated rings. The normalized spacial score (nSPS) is 20.6. The summed E-state index contributed by atoms with van der Waals surface area (Å²) in [6.45, 7) is 5.26. The number of H-pyrrole nitrogens is 1. The van der Waals surface area contributed by atoms with E-state index in [1.807, 2.05) is 42.6 Å². The van der Waals surface area contributed by atoms with Gasteiger partial charge in [0.15, 0.2) is 5.88 Å². The molecule has 0 aliphatic carbocycles. The van der Waals surface area contributed by atoms with E-state index in [-0.39, 0.29) is 19.0 Å². The van der Waals surface area contributed by atoms with Gasteiger partial charge < -0.3 is 38.9 Å². The number of hydrogen-bond acceptors (Lipinski definition) is 6. The molecule has 3 aromatic carbocycles. The van der Waals surface area contributed by atoms with Crippen LogP contribution in [0.3, 0.4) is 0 Å². The highest BCUT2D eigenvalue weighted by Gasteiger charge is 2.30. The minimum absolute atomic E-state index is 0.115. The molecule has 9 nitrogen and oxygen atoms in total. The number of aliphatic hydroxyl groups is 2. The van der Waals surface area contributed by atoms with Crippen LogP contribution in [0.5, 0.6) is 11.6 Å². The number of aliphatic hydroxyl groups excluding tert-OH is 2. The quantitative estimate of drug-likeness (QED) is 0.280. The molecule has 6 aromatic rings. The van der Waals surface area contributed by atoms with Crippen LogP contribution < -0.4 is 4.74 Å². The van der Waals surface area contributed by atoms with Crippen LogP contribution in [0, 0.1) is 0 Å². The molecule has 0 spiro atoms. The molecule has 0 saturated carbocycles. The number of hydrogen-bond donors (Lipinski definition) is 4. The molecule has 5 heterocycles. The number of aromatic amines is 1. The number of para-hydroxylation sites is 1. The smallest absolute Gasteiger partial charge is 0.197 e. The van der Waals surface area contributed by atoms with Gasteiger partial charge in [-0.3, -0.25) is 4.90 Å². The van der Waals surface area contributed by atoms with Crippen molar-refractivity contribution in [2.75, 3.05) is 39.5 Å². The van der Waals surface area contributed by atoms with Gasteiger partial charge >= 0.3 is 0 Å². The summed E-state index contributed by atoms with van der Waals surface area (Å²) in [7, 11) is 0. The standard InChI is InChI=1S/C30H30N4O5/c35-23-15-33-21-4-2-1-3-18(21)25-20-14-31-30(37)27(20)26-19-13-17(39-12-9-32-7-10-38-11-8-32)5-6-22(19)34(16-24(23)36)29(26)28(25)33/h1-6,13-14,23-24,31,35-37H,7-12,15-16H2. The molecule has 4 N–H and O–H groups in total. The number of rotatable bonds is 4. The van der Waals surface area contributed by atoms with Crippen molar-refractivity contribution in [1.82, 2.24) is 19.0 Å². The maximum Gasteiger partial charge on any atom is 0.197 e. The average Bonchev–Trinajstić information content (AvgIpc) is 3.59. The van der Waals surface area contributed by atoms with Crippen molar-refractivity contribution in [3.8, 4) is 11.6 Å². The lowest BCUT2D eigenvalue weighted by molar-refractivity contribution is 0.00168. The van der Waals surface area contributed by atoms with Gasteiger partial charge in [0.2, 0.25) is 0 Å². The number of morpholine rings is 1. The van der Waals surface area contributed by atoms with E-state index in [4.69, 9.17) is 9.47 Å². The van der Waals surface area contributed by atoms with Crippen LogP contribution in [-0.4, -0.2) is 86.0 Å². The zero-order chi connectivity index (χ0) is 26.2. The number of nitrogens with one attached hydrogen (secondary N) is 1. The van der Waals surface area contributed by atoms with Crippen LogP contribution in [-0.2, 0) is 17.8 Å². The summed E-state index contributed by atoms with van der Waals surface area (Å²) in [5, 5.41) is 38.8. The fraction of sp³-hybridized carbons (Fsp3) is 0.333. The van der Waals surface area contributed by atoms with Gasteiger partial charge in [0, 0.05) is 63.8 Å². The Morgan fingerprint density at radius 3 is 2.36 bits per heavy atom. The number of ether oxygens (including phenoxy) is 2. The van der Waals surface area contributed by atoms with Crippen LogP contribution in [0.25, 0.3) is 54.4 Å². The van der Waals surface area contributed by atoms with Crippen LogP contribution >= 0.6 is 0 Å². The maximum absolute atomic E-state index is 11.1. The minimum Gasteiger partial charge on any atom is -0.494 e. The lowest BCUT2D eigenvalue weighted by Gasteiger charge is -2.26. The largest absolute Gasteiger partial charge is 0.494 e. The number of aromatic nitrogens is 3. The fourth-order valence-electron chi connectivity index (χ4n) is 6.72. The highest BCUT2D eigenvalue weighted by Crippen LogP contribution is 2.48. The first-order valence-corrected chi connectivity index (χ1v) is 13.6. The SMILES string of the molecule is Oc1[nH]cc2c1c1c3cc(OCCN4CCOCC4)ccc3n3c1c1c2c2ccccc2n1CC(O)C(O)C3. The fourth-order valence-corrected chi connectivity index (χ4v) is 6.72. The summed E-state index contributed by atoms with van der Waals surface area (Å²) in [6.07, 6.45) is -0.0116. The third-order valence-electron chi connectivity index (χ3n) is 8.57. The molecular formula is C30H30N4O5. The molecule has 39 heavy (non-hydrogen) atoms. The second-order valence-corrected chi connectivity index (χ2v) is 10.7. The predicted molar refractivity (Wildman–Crippen MR) is 151 cm³/mol. The summed E-state index contributed by atoms with van der Waals surface area (Å²) < 4.78 is 15.9.